The Kier molecular flexibility index (Phi) is 4.02. The summed E-state index contributed by atoms with van der Waals surface area (Å²) < 4.78 is 6.40. The summed E-state index contributed by atoms with van der Waals surface area (Å²) in [6.45, 7) is 2.03. The number of imidazole rings is 1. The van der Waals surface area contributed by atoms with Crippen LogP contribution in [-0.2, 0) is 22.5 Å². The molecule has 2 rings (SSSR count). The largest absolute Gasteiger partial charge is 0.478 e. The first-order valence-corrected chi connectivity index (χ1v) is 6.36. The van der Waals surface area contributed by atoms with Gasteiger partial charge < -0.3 is 14.4 Å². The van der Waals surface area contributed by atoms with E-state index in [-0.39, 0.29) is 18.1 Å². The van der Waals surface area contributed by atoms with E-state index in [1.165, 1.54) is 13.2 Å². The number of aromatic carboxylic acids is 1. The number of hydrogen-bond donors (Lipinski definition) is 1. The molecule has 0 bridgehead atoms. The highest BCUT2D eigenvalue weighted by molar-refractivity contribution is 6.01. The monoisotopic (exact) mass is 276 g/mol. The Bertz CT molecular complexity index is 660. The maximum absolute atomic E-state index is 11.5. The van der Waals surface area contributed by atoms with Gasteiger partial charge in [0.15, 0.2) is 0 Å². The number of carboxylic acids is 1. The summed E-state index contributed by atoms with van der Waals surface area (Å²) in [5.74, 6) is -0.717. The van der Waals surface area contributed by atoms with Gasteiger partial charge in [-0.05, 0) is 18.6 Å². The van der Waals surface area contributed by atoms with Crippen LogP contribution in [0, 0.1) is 0 Å². The van der Waals surface area contributed by atoms with Crippen molar-refractivity contribution < 1.29 is 19.4 Å². The van der Waals surface area contributed by atoms with Crippen molar-refractivity contribution in [3.05, 3.63) is 29.6 Å². The lowest BCUT2D eigenvalue weighted by molar-refractivity contribution is -0.141. The highest BCUT2D eigenvalue weighted by atomic mass is 16.5. The Balaban J connectivity index is 2.63. The zero-order valence-corrected chi connectivity index (χ0v) is 11.4. The van der Waals surface area contributed by atoms with Gasteiger partial charge >= 0.3 is 11.9 Å². The smallest absolute Gasteiger partial charge is 0.337 e. The van der Waals surface area contributed by atoms with Gasteiger partial charge in [-0.3, -0.25) is 4.79 Å². The second-order valence-corrected chi connectivity index (χ2v) is 4.42. The molecule has 0 saturated carbocycles. The molecule has 0 aliphatic carbocycles. The van der Waals surface area contributed by atoms with Gasteiger partial charge in [0.25, 0.3) is 0 Å². The Hall–Kier alpha value is -2.37. The summed E-state index contributed by atoms with van der Waals surface area (Å²) in [5.41, 5.74) is 1.19. The molecule has 20 heavy (non-hydrogen) atoms. The average molecular weight is 276 g/mol. The van der Waals surface area contributed by atoms with Crippen molar-refractivity contribution in [2.24, 2.45) is 0 Å². The number of rotatable bonds is 5. The van der Waals surface area contributed by atoms with E-state index in [4.69, 9.17) is 0 Å². The number of aromatic nitrogens is 2. The van der Waals surface area contributed by atoms with E-state index in [1.807, 2.05) is 6.92 Å². The number of carbonyl (C=O) groups is 2. The minimum atomic E-state index is -1.03. The second-order valence-electron chi connectivity index (χ2n) is 4.42. The fourth-order valence-electron chi connectivity index (χ4n) is 2.15. The Morgan fingerprint density at radius 2 is 2.15 bits per heavy atom. The number of carbonyl (C=O) groups excluding carboxylic acids is 1. The van der Waals surface area contributed by atoms with Crippen LogP contribution in [0.2, 0.25) is 0 Å². The number of fused-ring (bicyclic) bond motifs is 1. The topological polar surface area (TPSA) is 81.4 Å². The lowest BCUT2D eigenvalue weighted by atomic mass is 10.2. The van der Waals surface area contributed by atoms with Gasteiger partial charge in [-0.25, -0.2) is 9.78 Å². The number of aryl methyl sites for hydroxylation is 1. The molecule has 2 aromatic rings. The maximum Gasteiger partial charge on any atom is 0.337 e. The van der Waals surface area contributed by atoms with Crippen molar-refractivity contribution in [1.29, 1.82) is 0 Å². The standard InChI is InChI=1S/C14H16N2O4/c1-3-5-11-15-13-9(14(18)19)6-4-7-10(13)16(11)8-12(17)20-2/h4,6-7H,3,5,8H2,1-2H3,(H,18,19). The molecule has 0 amide bonds. The van der Waals surface area contributed by atoms with Crippen molar-refractivity contribution in [1.82, 2.24) is 9.55 Å². The molecule has 0 spiro atoms. The molecular weight excluding hydrogens is 260 g/mol. The van der Waals surface area contributed by atoms with E-state index < -0.39 is 5.97 Å². The van der Waals surface area contributed by atoms with Gasteiger partial charge in [0, 0.05) is 6.42 Å². The number of carboxylic acid groups (broad SMARTS) is 1. The lowest BCUT2D eigenvalue weighted by Gasteiger charge is -2.07. The molecule has 0 unspecified atom stereocenters. The fraction of sp³-hybridized carbons (Fsp3) is 0.357. The molecule has 6 heteroatoms. The maximum atomic E-state index is 11.5. The second kappa shape index (κ2) is 5.73. The first-order chi connectivity index (χ1) is 9.58. The Morgan fingerprint density at radius 3 is 2.75 bits per heavy atom. The number of benzene rings is 1. The molecule has 1 aromatic heterocycles. The zero-order valence-electron chi connectivity index (χ0n) is 11.4. The normalized spacial score (nSPS) is 10.7. The predicted molar refractivity (Wildman–Crippen MR) is 72.7 cm³/mol. The van der Waals surface area contributed by atoms with Gasteiger partial charge in [0.1, 0.15) is 17.9 Å². The van der Waals surface area contributed by atoms with Gasteiger partial charge in [0.2, 0.25) is 0 Å². The van der Waals surface area contributed by atoms with E-state index in [2.05, 4.69) is 9.72 Å². The van der Waals surface area contributed by atoms with Crippen LogP contribution in [0.3, 0.4) is 0 Å². The molecule has 1 aromatic carbocycles. The quantitative estimate of drug-likeness (QED) is 0.843. The third-order valence-electron chi connectivity index (χ3n) is 3.08. The first-order valence-electron chi connectivity index (χ1n) is 6.36. The van der Waals surface area contributed by atoms with Gasteiger partial charge in [-0.1, -0.05) is 13.0 Å². The molecule has 1 N–H and O–H groups in total. The predicted octanol–water partition coefficient (Wildman–Crippen LogP) is 1.86. The highest BCUT2D eigenvalue weighted by Crippen LogP contribution is 2.21. The van der Waals surface area contributed by atoms with Crippen molar-refractivity contribution >= 4 is 23.0 Å². The average Bonchev–Trinajstić information content (AvgIpc) is 2.77. The fourth-order valence-corrected chi connectivity index (χ4v) is 2.15. The van der Waals surface area contributed by atoms with Crippen LogP contribution in [0.15, 0.2) is 18.2 Å². The number of methoxy groups -OCH3 is 1. The van der Waals surface area contributed by atoms with Crippen LogP contribution in [0.25, 0.3) is 11.0 Å². The summed E-state index contributed by atoms with van der Waals surface area (Å²) in [7, 11) is 1.32. The Labute approximate surface area is 116 Å². The van der Waals surface area contributed by atoms with Crippen LogP contribution >= 0.6 is 0 Å². The van der Waals surface area contributed by atoms with Gasteiger partial charge in [0.05, 0.1) is 18.2 Å². The van der Waals surface area contributed by atoms with Crippen LogP contribution in [0.1, 0.15) is 29.5 Å². The minimum absolute atomic E-state index is 0.0331. The summed E-state index contributed by atoms with van der Waals surface area (Å²) >= 11 is 0. The number of para-hydroxylation sites is 1. The SMILES string of the molecule is CCCc1nc2c(C(=O)O)cccc2n1CC(=O)OC. The van der Waals surface area contributed by atoms with Crippen molar-refractivity contribution in [3.8, 4) is 0 Å². The van der Waals surface area contributed by atoms with Crippen molar-refractivity contribution in [2.45, 2.75) is 26.3 Å². The van der Waals surface area contributed by atoms with Crippen LogP contribution < -0.4 is 0 Å². The van der Waals surface area contributed by atoms with E-state index in [0.717, 1.165) is 6.42 Å². The van der Waals surface area contributed by atoms with E-state index >= 15 is 0 Å². The van der Waals surface area contributed by atoms with E-state index in [1.54, 1.807) is 16.7 Å². The molecule has 0 saturated heterocycles. The molecule has 0 fully saturated rings. The molecule has 106 valence electrons. The van der Waals surface area contributed by atoms with Gasteiger partial charge in [-0.15, -0.1) is 0 Å². The van der Waals surface area contributed by atoms with Crippen molar-refractivity contribution in [3.63, 3.8) is 0 Å². The Morgan fingerprint density at radius 1 is 1.40 bits per heavy atom. The molecule has 0 atom stereocenters. The van der Waals surface area contributed by atoms with E-state index in [9.17, 15) is 14.7 Å². The van der Waals surface area contributed by atoms with Gasteiger partial charge in [-0.2, -0.15) is 0 Å². The zero-order chi connectivity index (χ0) is 14.7. The van der Waals surface area contributed by atoms with Crippen LogP contribution in [0.4, 0.5) is 0 Å². The number of hydrogen-bond acceptors (Lipinski definition) is 4. The van der Waals surface area contributed by atoms with E-state index in [0.29, 0.717) is 23.3 Å². The summed E-state index contributed by atoms with van der Waals surface area (Å²) in [4.78, 5) is 27.1. The first kappa shape index (κ1) is 14.0. The summed E-state index contributed by atoms with van der Waals surface area (Å²) in [6.07, 6.45) is 1.53. The molecule has 0 radical (unpaired) electrons. The molecule has 0 aliphatic heterocycles. The summed E-state index contributed by atoms with van der Waals surface area (Å²) in [6, 6.07) is 4.92. The molecule has 0 aliphatic rings. The third-order valence-corrected chi connectivity index (χ3v) is 3.08. The number of esters is 1. The summed E-state index contributed by atoms with van der Waals surface area (Å²) in [5, 5.41) is 9.20. The van der Waals surface area contributed by atoms with Crippen LogP contribution in [-0.4, -0.2) is 33.7 Å². The minimum Gasteiger partial charge on any atom is -0.478 e. The number of nitrogens with zero attached hydrogens (tertiary/aromatic N) is 2. The molecular formula is C14H16N2O4. The van der Waals surface area contributed by atoms with Crippen molar-refractivity contribution in [2.75, 3.05) is 7.11 Å². The third kappa shape index (κ3) is 2.49. The lowest BCUT2D eigenvalue weighted by Crippen LogP contribution is -2.14. The molecule has 6 nitrogen and oxygen atoms in total. The number of ether oxygens (including phenoxy) is 1. The molecule has 1 heterocycles. The van der Waals surface area contributed by atoms with Crippen LogP contribution in [0.5, 0.6) is 0 Å². The highest BCUT2D eigenvalue weighted by Gasteiger charge is 2.18.